The summed E-state index contributed by atoms with van der Waals surface area (Å²) in [5.74, 6) is 0.679. The van der Waals surface area contributed by atoms with Crippen LogP contribution in [0.5, 0.6) is 0 Å². The van der Waals surface area contributed by atoms with Crippen molar-refractivity contribution in [1.29, 1.82) is 0 Å². The molecule has 2 aromatic rings. The highest BCUT2D eigenvalue weighted by Gasteiger charge is 2.19. The van der Waals surface area contributed by atoms with Crippen molar-refractivity contribution >= 4 is 5.97 Å². The van der Waals surface area contributed by atoms with Crippen LogP contribution in [0, 0.1) is 13.8 Å². The van der Waals surface area contributed by atoms with E-state index in [0.29, 0.717) is 6.04 Å². The van der Waals surface area contributed by atoms with Crippen molar-refractivity contribution in [1.82, 2.24) is 15.5 Å². The first-order valence-corrected chi connectivity index (χ1v) is 7.85. The van der Waals surface area contributed by atoms with Gasteiger partial charge in [-0.2, -0.15) is 4.98 Å². The van der Waals surface area contributed by atoms with Gasteiger partial charge in [0, 0.05) is 0 Å². The standard InChI is InChI=1S/C9H10O2.C8H13N3O/c1-7-2-4-8(5-3-7)6-9(10)11;1-6-10-8(12-11-6)7-4-2-3-5-9-7/h2-5H,6H2,1H3,(H,10,11);7,9H,2-5H2,1H3. The first kappa shape index (κ1) is 17.1. The fourth-order valence-corrected chi connectivity index (χ4v) is 2.40. The molecule has 124 valence electrons. The van der Waals surface area contributed by atoms with E-state index in [0.717, 1.165) is 35.8 Å². The number of carbonyl (C=O) groups is 1. The SMILES string of the molecule is Cc1ccc(CC(=O)O)cc1.Cc1noc(C2CCCCN2)n1. The molecule has 6 nitrogen and oxygen atoms in total. The van der Waals surface area contributed by atoms with E-state index in [9.17, 15) is 4.79 Å². The second-order valence-electron chi connectivity index (χ2n) is 5.74. The Morgan fingerprint density at radius 3 is 2.57 bits per heavy atom. The molecule has 1 aromatic carbocycles. The Kier molecular flexibility index (Phi) is 6.29. The fraction of sp³-hybridized carbons (Fsp3) is 0.471. The van der Waals surface area contributed by atoms with E-state index in [1.54, 1.807) is 0 Å². The number of carboxylic acids is 1. The minimum atomic E-state index is -0.783. The van der Waals surface area contributed by atoms with E-state index in [1.807, 2.05) is 38.1 Å². The molecule has 23 heavy (non-hydrogen) atoms. The van der Waals surface area contributed by atoms with Crippen LogP contribution >= 0.6 is 0 Å². The Labute approximate surface area is 135 Å². The van der Waals surface area contributed by atoms with Crippen LogP contribution in [-0.2, 0) is 11.2 Å². The smallest absolute Gasteiger partial charge is 0.307 e. The largest absolute Gasteiger partial charge is 0.481 e. The van der Waals surface area contributed by atoms with Gasteiger partial charge in [-0.25, -0.2) is 0 Å². The third-order valence-electron chi connectivity index (χ3n) is 3.63. The summed E-state index contributed by atoms with van der Waals surface area (Å²) < 4.78 is 5.08. The predicted molar refractivity (Wildman–Crippen MR) is 86.1 cm³/mol. The summed E-state index contributed by atoms with van der Waals surface area (Å²) in [5.41, 5.74) is 2.00. The number of nitrogens with one attached hydrogen (secondary N) is 1. The summed E-state index contributed by atoms with van der Waals surface area (Å²) in [6.07, 6.45) is 3.73. The van der Waals surface area contributed by atoms with E-state index < -0.39 is 5.97 Å². The first-order chi connectivity index (χ1) is 11.0. The Morgan fingerprint density at radius 1 is 1.30 bits per heavy atom. The Hall–Kier alpha value is -2.21. The predicted octanol–water partition coefficient (Wildman–Crippen LogP) is 2.81. The highest BCUT2D eigenvalue weighted by molar-refractivity contribution is 5.70. The summed E-state index contributed by atoms with van der Waals surface area (Å²) in [6.45, 7) is 4.88. The molecule has 6 heteroatoms. The number of aryl methyl sites for hydroxylation is 2. The molecule has 0 saturated carbocycles. The van der Waals surface area contributed by atoms with Crippen LogP contribution in [0.1, 0.15) is 48.1 Å². The number of hydrogen-bond donors (Lipinski definition) is 2. The molecule has 2 N–H and O–H groups in total. The minimum absolute atomic E-state index is 0.111. The molecule has 0 aliphatic carbocycles. The lowest BCUT2D eigenvalue weighted by molar-refractivity contribution is -0.136. The number of piperidine rings is 1. The summed E-state index contributed by atoms with van der Waals surface area (Å²) >= 11 is 0. The molecule has 0 spiro atoms. The average molecular weight is 317 g/mol. The van der Waals surface area contributed by atoms with Crippen LogP contribution in [0.2, 0.25) is 0 Å². The van der Waals surface area contributed by atoms with E-state index in [1.165, 1.54) is 12.8 Å². The van der Waals surface area contributed by atoms with Crippen molar-refractivity contribution in [2.75, 3.05) is 6.54 Å². The normalized spacial score (nSPS) is 17.2. The third-order valence-corrected chi connectivity index (χ3v) is 3.63. The molecular weight excluding hydrogens is 294 g/mol. The van der Waals surface area contributed by atoms with Crippen molar-refractivity contribution in [3.8, 4) is 0 Å². The Morgan fingerprint density at radius 2 is 2.04 bits per heavy atom. The van der Waals surface area contributed by atoms with Crippen molar-refractivity contribution in [2.24, 2.45) is 0 Å². The molecule has 1 aromatic heterocycles. The number of benzene rings is 1. The van der Waals surface area contributed by atoms with Gasteiger partial charge in [0.25, 0.3) is 0 Å². The zero-order chi connectivity index (χ0) is 16.7. The van der Waals surface area contributed by atoms with Crippen molar-refractivity contribution in [3.63, 3.8) is 0 Å². The molecule has 1 unspecified atom stereocenters. The van der Waals surface area contributed by atoms with E-state index in [2.05, 4.69) is 15.5 Å². The molecule has 1 atom stereocenters. The molecule has 1 aliphatic rings. The van der Waals surface area contributed by atoms with Crippen LogP contribution in [-0.4, -0.2) is 27.8 Å². The van der Waals surface area contributed by atoms with E-state index in [-0.39, 0.29) is 6.42 Å². The molecule has 1 aliphatic heterocycles. The van der Waals surface area contributed by atoms with Crippen molar-refractivity contribution < 1.29 is 14.4 Å². The second kappa shape index (κ2) is 8.43. The number of aliphatic carboxylic acids is 1. The van der Waals surface area contributed by atoms with Gasteiger partial charge in [0.1, 0.15) is 0 Å². The molecule has 0 bridgehead atoms. The van der Waals surface area contributed by atoms with Gasteiger partial charge in [0.2, 0.25) is 5.89 Å². The monoisotopic (exact) mass is 317 g/mol. The highest BCUT2D eigenvalue weighted by Crippen LogP contribution is 2.20. The van der Waals surface area contributed by atoms with Gasteiger partial charge < -0.3 is 14.9 Å². The molecule has 1 fully saturated rings. The molecule has 1 saturated heterocycles. The summed E-state index contributed by atoms with van der Waals surface area (Å²) in [7, 11) is 0. The highest BCUT2D eigenvalue weighted by atomic mass is 16.5. The number of carboxylic acid groups (broad SMARTS) is 1. The lowest BCUT2D eigenvalue weighted by Crippen LogP contribution is -2.26. The van der Waals surface area contributed by atoms with Crippen LogP contribution in [0.4, 0.5) is 0 Å². The Bertz CT molecular complexity index is 616. The Balaban J connectivity index is 0.000000168. The molecular formula is C17H23N3O3. The zero-order valence-electron chi connectivity index (χ0n) is 13.6. The van der Waals surface area contributed by atoms with Crippen molar-refractivity contribution in [2.45, 2.75) is 45.6 Å². The molecule has 3 rings (SSSR count). The average Bonchev–Trinajstić information content (AvgIpc) is 2.97. The molecule has 2 heterocycles. The quantitative estimate of drug-likeness (QED) is 0.905. The summed E-state index contributed by atoms with van der Waals surface area (Å²) in [4.78, 5) is 14.4. The van der Waals surface area contributed by atoms with Gasteiger partial charge in [-0.15, -0.1) is 0 Å². The molecule has 0 amide bonds. The number of hydrogen-bond acceptors (Lipinski definition) is 5. The van der Waals surface area contributed by atoms with E-state index in [4.69, 9.17) is 9.63 Å². The number of aromatic nitrogens is 2. The summed E-state index contributed by atoms with van der Waals surface area (Å²) in [6, 6.07) is 7.80. The van der Waals surface area contributed by atoms with Gasteiger partial charge in [0.05, 0.1) is 12.5 Å². The van der Waals surface area contributed by atoms with E-state index >= 15 is 0 Å². The van der Waals surface area contributed by atoms with Gasteiger partial charge in [-0.3, -0.25) is 4.79 Å². The minimum Gasteiger partial charge on any atom is -0.481 e. The number of nitrogens with zero attached hydrogens (tertiary/aromatic N) is 2. The lowest BCUT2D eigenvalue weighted by Gasteiger charge is -2.19. The van der Waals surface area contributed by atoms with Gasteiger partial charge in [-0.05, 0) is 38.8 Å². The van der Waals surface area contributed by atoms with Crippen LogP contribution in [0.15, 0.2) is 28.8 Å². The fourth-order valence-electron chi connectivity index (χ4n) is 2.40. The van der Waals surface area contributed by atoms with Crippen LogP contribution in [0.25, 0.3) is 0 Å². The maximum absolute atomic E-state index is 10.3. The van der Waals surface area contributed by atoms with Crippen LogP contribution < -0.4 is 5.32 Å². The zero-order valence-corrected chi connectivity index (χ0v) is 13.6. The van der Waals surface area contributed by atoms with Crippen molar-refractivity contribution in [3.05, 3.63) is 47.1 Å². The second-order valence-corrected chi connectivity index (χ2v) is 5.74. The maximum atomic E-state index is 10.3. The topological polar surface area (TPSA) is 88.2 Å². The number of rotatable bonds is 3. The maximum Gasteiger partial charge on any atom is 0.307 e. The van der Waals surface area contributed by atoms with Gasteiger partial charge in [-0.1, -0.05) is 41.4 Å². The van der Waals surface area contributed by atoms with Gasteiger partial charge >= 0.3 is 5.97 Å². The van der Waals surface area contributed by atoms with Crippen LogP contribution in [0.3, 0.4) is 0 Å². The summed E-state index contributed by atoms with van der Waals surface area (Å²) in [5, 5.41) is 15.6. The van der Waals surface area contributed by atoms with Gasteiger partial charge in [0.15, 0.2) is 5.82 Å². The lowest BCUT2D eigenvalue weighted by atomic mass is 10.1. The third kappa shape index (κ3) is 5.83. The molecule has 0 radical (unpaired) electrons. The first-order valence-electron chi connectivity index (χ1n) is 7.85.